The number of piperazine rings is 1. The standard InChI is InChI=1S/C23H28N2O2/c26-22(20-7-2-1-3-8-20)10-12-24-13-15-25(16-14-24)18-23-21-9-5-4-6-19(21)11-17-27-23/h1-9,23H,10-18H2. The molecule has 4 nitrogen and oxygen atoms in total. The van der Waals surface area contributed by atoms with Crippen LogP contribution >= 0.6 is 0 Å². The molecule has 1 atom stereocenters. The number of hydrogen-bond acceptors (Lipinski definition) is 4. The summed E-state index contributed by atoms with van der Waals surface area (Å²) in [7, 11) is 0. The van der Waals surface area contributed by atoms with Crippen LogP contribution in [-0.4, -0.2) is 61.5 Å². The molecule has 1 fully saturated rings. The van der Waals surface area contributed by atoms with E-state index in [0.29, 0.717) is 6.42 Å². The predicted octanol–water partition coefficient (Wildman–Crippen LogP) is 3.19. The van der Waals surface area contributed by atoms with Crippen molar-refractivity contribution >= 4 is 5.78 Å². The van der Waals surface area contributed by atoms with Gasteiger partial charge in [-0.2, -0.15) is 0 Å². The minimum Gasteiger partial charge on any atom is -0.372 e. The predicted molar refractivity (Wildman–Crippen MR) is 107 cm³/mol. The van der Waals surface area contributed by atoms with Crippen molar-refractivity contribution < 1.29 is 9.53 Å². The Balaban J connectivity index is 1.23. The highest BCUT2D eigenvalue weighted by atomic mass is 16.5. The van der Waals surface area contributed by atoms with Gasteiger partial charge in [-0.05, 0) is 17.5 Å². The number of fused-ring (bicyclic) bond motifs is 1. The summed E-state index contributed by atoms with van der Waals surface area (Å²) in [4.78, 5) is 17.2. The molecular weight excluding hydrogens is 336 g/mol. The van der Waals surface area contributed by atoms with Gasteiger partial charge in [0.25, 0.3) is 0 Å². The molecule has 27 heavy (non-hydrogen) atoms. The molecule has 2 heterocycles. The number of ether oxygens (including phenoxy) is 1. The second-order valence-electron chi connectivity index (χ2n) is 7.49. The Morgan fingerprint density at radius 2 is 1.63 bits per heavy atom. The van der Waals surface area contributed by atoms with E-state index in [-0.39, 0.29) is 11.9 Å². The van der Waals surface area contributed by atoms with Gasteiger partial charge in [-0.15, -0.1) is 0 Å². The highest BCUT2D eigenvalue weighted by Gasteiger charge is 2.25. The van der Waals surface area contributed by atoms with Crippen molar-refractivity contribution in [2.45, 2.75) is 18.9 Å². The van der Waals surface area contributed by atoms with Gasteiger partial charge >= 0.3 is 0 Å². The molecular formula is C23H28N2O2. The van der Waals surface area contributed by atoms with Crippen LogP contribution in [0.5, 0.6) is 0 Å². The van der Waals surface area contributed by atoms with E-state index in [1.807, 2.05) is 30.3 Å². The van der Waals surface area contributed by atoms with Crippen LogP contribution in [0.2, 0.25) is 0 Å². The van der Waals surface area contributed by atoms with Crippen LogP contribution in [0, 0.1) is 0 Å². The van der Waals surface area contributed by atoms with Crippen LogP contribution in [0.25, 0.3) is 0 Å². The Bertz CT molecular complexity index is 754. The molecule has 0 N–H and O–H groups in total. The molecule has 0 amide bonds. The highest BCUT2D eigenvalue weighted by Crippen LogP contribution is 2.27. The average Bonchev–Trinajstić information content (AvgIpc) is 2.74. The largest absolute Gasteiger partial charge is 0.372 e. The molecule has 2 aromatic rings. The lowest BCUT2D eigenvalue weighted by molar-refractivity contribution is 0.00461. The zero-order chi connectivity index (χ0) is 18.5. The minimum atomic E-state index is 0.196. The molecule has 0 spiro atoms. The number of ketones is 1. The summed E-state index contributed by atoms with van der Waals surface area (Å²) in [6, 6.07) is 18.3. The van der Waals surface area contributed by atoms with Crippen LogP contribution in [0.4, 0.5) is 0 Å². The Morgan fingerprint density at radius 1 is 0.926 bits per heavy atom. The van der Waals surface area contributed by atoms with Crippen LogP contribution in [-0.2, 0) is 11.2 Å². The summed E-state index contributed by atoms with van der Waals surface area (Å²) in [5.74, 6) is 0.241. The van der Waals surface area contributed by atoms with E-state index in [4.69, 9.17) is 4.74 Å². The Kier molecular flexibility index (Phi) is 5.97. The van der Waals surface area contributed by atoms with E-state index in [9.17, 15) is 4.79 Å². The number of rotatable bonds is 6. The van der Waals surface area contributed by atoms with Crippen molar-refractivity contribution in [3.05, 3.63) is 71.3 Å². The van der Waals surface area contributed by atoms with Crippen molar-refractivity contribution in [2.75, 3.05) is 45.9 Å². The van der Waals surface area contributed by atoms with Crippen LogP contribution in [0.3, 0.4) is 0 Å². The average molecular weight is 364 g/mol. The summed E-state index contributed by atoms with van der Waals surface area (Å²) >= 11 is 0. The minimum absolute atomic E-state index is 0.196. The molecule has 0 saturated carbocycles. The monoisotopic (exact) mass is 364 g/mol. The number of Topliss-reactive ketones (excluding diaryl/α,β-unsaturated/α-hetero) is 1. The molecule has 0 bridgehead atoms. The summed E-state index contributed by atoms with van der Waals surface area (Å²) in [6.07, 6.45) is 1.82. The third kappa shape index (κ3) is 4.64. The number of benzene rings is 2. The van der Waals surface area contributed by atoms with Gasteiger partial charge in [0.15, 0.2) is 5.78 Å². The lowest BCUT2D eigenvalue weighted by atomic mass is 9.97. The van der Waals surface area contributed by atoms with Gasteiger partial charge in [-0.25, -0.2) is 0 Å². The third-order valence-electron chi connectivity index (χ3n) is 5.73. The number of carbonyl (C=O) groups is 1. The molecule has 2 aromatic carbocycles. The molecule has 0 aliphatic carbocycles. The molecule has 1 unspecified atom stereocenters. The van der Waals surface area contributed by atoms with Crippen molar-refractivity contribution in [3.63, 3.8) is 0 Å². The second-order valence-corrected chi connectivity index (χ2v) is 7.49. The zero-order valence-electron chi connectivity index (χ0n) is 15.8. The first-order valence-electron chi connectivity index (χ1n) is 10.0. The quantitative estimate of drug-likeness (QED) is 0.737. The Hall–Kier alpha value is -2.01. The number of nitrogens with zero attached hydrogens (tertiary/aromatic N) is 2. The first-order chi connectivity index (χ1) is 13.3. The lowest BCUT2D eigenvalue weighted by Crippen LogP contribution is -2.48. The fraction of sp³-hybridized carbons (Fsp3) is 0.435. The van der Waals surface area contributed by atoms with Gasteiger partial charge in [-0.1, -0.05) is 54.6 Å². The fourth-order valence-corrected chi connectivity index (χ4v) is 4.09. The van der Waals surface area contributed by atoms with Crippen LogP contribution in [0.15, 0.2) is 54.6 Å². The molecule has 2 aliphatic heterocycles. The first kappa shape index (κ1) is 18.4. The van der Waals surface area contributed by atoms with E-state index in [2.05, 4.69) is 34.1 Å². The maximum atomic E-state index is 12.3. The van der Waals surface area contributed by atoms with Crippen molar-refractivity contribution in [1.29, 1.82) is 0 Å². The first-order valence-corrected chi connectivity index (χ1v) is 10.0. The number of hydrogen-bond donors (Lipinski definition) is 0. The maximum absolute atomic E-state index is 12.3. The molecule has 4 heteroatoms. The smallest absolute Gasteiger partial charge is 0.164 e. The topological polar surface area (TPSA) is 32.8 Å². The van der Waals surface area contributed by atoms with E-state index in [1.165, 1.54) is 11.1 Å². The normalized spacial score (nSPS) is 21.0. The summed E-state index contributed by atoms with van der Waals surface area (Å²) in [5.41, 5.74) is 3.62. The van der Waals surface area contributed by atoms with Gasteiger partial charge in [0, 0.05) is 51.3 Å². The fourth-order valence-electron chi connectivity index (χ4n) is 4.09. The second kappa shape index (κ2) is 8.79. The molecule has 4 rings (SSSR count). The molecule has 142 valence electrons. The van der Waals surface area contributed by atoms with E-state index < -0.39 is 0 Å². The highest BCUT2D eigenvalue weighted by molar-refractivity contribution is 5.96. The molecule has 0 radical (unpaired) electrons. The zero-order valence-corrected chi connectivity index (χ0v) is 15.8. The molecule has 0 aromatic heterocycles. The summed E-state index contributed by atoms with van der Waals surface area (Å²) in [6.45, 7) is 6.78. The lowest BCUT2D eigenvalue weighted by Gasteiger charge is -2.37. The van der Waals surface area contributed by atoms with Crippen molar-refractivity contribution in [3.8, 4) is 0 Å². The Morgan fingerprint density at radius 3 is 2.44 bits per heavy atom. The Labute approximate surface area is 161 Å². The van der Waals surface area contributed by atoms with E-state index in [0.717, 1.165) is 57.9 Å². The maximum Gasteiger partial charge on any atom is 0.164 e. The van der Waals surface area contributed by atoms with Gasteiger partial charge in [-0.3, -0.25) is 9.69 Å². The van der Waals surface area contributed by atoms with Crippen LogP contribution in [0.1, 0.15) is 34.0 Å². The van der Waals surface area contributed by atoms with Gasteiger partial charge < -0.3 is 9.64 Å². The summed E-state index contributed by atoms with van der Waals surface area (Å²) in [5, 5.41) is 0. The van der Waals surface area contributed by atoms with Crippen molar-refractivity contribution in [1.82, 2.24) is 9.80 Å². The van der Waals surface area contributed by atoms with E-state index in [1.54, 1.807) is 0 Å². The van der Waals surface area contributed by atoms with Crippen LogP contribution < -0.4 is 0 Å². The van der Waals surface area contributed by atoms with Gasteiger partial charge in [0.2, 0.25) is 0 Å². The summed E-state index contributed by atoms with van der Waals surface area (Å²) < 4.78 is 6.06. The van der Waals surface area contributed by atoms with Crippen molar-refractivity contribution in [2.24, 2.45) is 0 Å². The molecule has 1 saturated heterocycles. The SMILES string of the molecule is O=C(CCN1CCN(CC2OCCc3ccccc32)CC1)c1ccccc1. The molecule has 2 aliphatic rings. The third-order valence-corrected chi connectivity index (χ3v) is 5.73. The van der Waals surface area contributed by atoms with Gasteiger partial charge in [0.05, 0.1) is 12.7 Å². The van der Waals surface area contributed by atoms with E-state index >= 15 is 0 Å². The van der Waals surface area contributed by atoms with Gasteiger partial charge in [0.1, 0.15) is 0 Å². The number of carbonyl (C=O) groups excluding carboxylic acids is 1.